The van der Waals surface area contributed by atoms with E-state index >= 15 is 0 Å². The molecule has 2 rings (SSSR count). The molecule has 116 valence electrons. The number of ether oxygens (including phenoxy) is 2. The third-order valence-corrected chi connectivity index (χ3v) is 3.63. The normalized spacial score (nSPS) is 10.3. The van der Waals surface area contributed by atoms with E-state index in [1.807, 2.05) is 30.3 Å². The van der Waals surface area contributed by atoms with Crippen LogP contribution in [-0.2, 0) is 4.79 Å². The molecule has 0 unspecified atom stereocenters. The molecule has 2 aromatic carbocycles. The standard InChI is InChI=1S/C18H21NO3/c1-5-17(20)22-18-14-11-9-8-10-13(14)16(21-4)12-15(18)19(6-2)7-3/h5,8-12H,1,6-7H2,2-4H3. The second-order valence-corrected chi connectivity index (χ2v) is 4.77. The highest BCUT2D eigenvalue weighted by Crippen LogP contribution is 2.41. The molecule has 0 fully saturated rings. The predicted octanol–water partition coefficient (Wildman–Crippen LogP) is 3.79. The van der Waals surface area contributed by atoms with Crippen molar-refractivity contribution >= 4 is 22.4 Å². The SMILES string of the molecule is C=CC(=O)Oc1c(N(CC)CC)cc(OC)c2ccccc12. The number of hydrogen-bond acceptors (Lipinski definition) is 4. The van der Waals surface area contributed by atoms with Gasteiger partial charge in [-0.3, -0.25) is 0 Å². The molecule has 0 bridgehead atoms. The fourth-order valence-corrected chi connectivity index (χ4v) is 2.52. The Bertz CT molecular complexity index is 690. The molecule has 4 heteroatoms. The van der Waals surface area contributed by atoms with Gasteiger partial charge in [0.1, 0.15) is 5.75 Å². The summed E-state index contributed by atoms with van der Waals surface area (Å²) in [5.74, 6) is 0.838. The van der Waals surface area contributed by atoms with Crippen LogP contribution in [0.3, 0.4) is 0 Å². The fourth-order valence-electron chi connectivity index (χ4n) is 2.52. The molecule has 0 atom stereocenters. The maximum absolute atomic E-state index is 11.7. The van der Waals surface area contributed by atoms with Crippen LogP contribution in [0.5, 0.6) is 11.5 Å². The number of carbonyl (C=O) groups is 1. The van der Waals surface area contributed by atoms with Gasteiger partial charge < -0.3 is 14.4 Å². The van der Waals surface area contributed by atoms with E-state index in [1.54, 1.807) is 7.11 Å². The molecule has 0 aromatic heterocycles. The molecule has 0 aliphatic carbocycles. The number of esters is 1. The summed E-state index contributed by atoms with van der Waals surface area (Å²) in [6, 6.07) is 9.64. The molecule has 0 aliphatic rings. The summed E-state index contributed by atoms with van der Waals surface area (Å²) < 4.78 is 11.0. The summed E-state index contributed by atoms with van der Waals surface area (Å²) in [6.45, 7) is 9.20. The maximum atomic E-state index is 11.7. The topological polar surface area (TPSA) is 38.8 Å². The zero-order valence-electron chi connectivity index (χ0n) is 13.3. The van der Waals surface area contributed by atoms with E-state index in [1.165, 1.54) is 6.08 Å². The van der Waals surface area contributed by atoms with Gasteiger partial charge in [-0.25, -0.2) is 4.79 Å². The van der Waals surface area contributed by atoms with Crippen molar-refractivity contribution in [2.24, 2.45) is 0 Å². The third-order valence-electron chi connectivity index (χ3n) is 3.63. The summed E-state index contributed by atoms with van der Waals surface area (Å²) in [4.78, 5) is 13.9. The third kappa shape index (κ3) is 2.91. The summed E-state index contributed by atoms with van der Waals surface area (Å²) in [5, 5.41) is 1.76. The number of methoxy groups -OCH3 is 1. The van der Waals surface area contributed by atoms with Crippen molar-refractivity contribution in [3.8, 4) is 11.5 Å². The van der Waals surface area contributed by atoms with Crippen LogP contribution in [0.2, 0.25) is 0 Å². The van der Waals surface area contributed by atoms with Gasteiger partial charge in [0.05, 0.1) is 12.8 Å². The van der Waals surface area contributed by atoms with Crippen LogP contribution in [0, 0.1) is 0 Å². The van der Waals surface area contributed by atoms with E-state index in [4.69, 9.17) is 9.47 Å². The number of rotatable bonds is 6. The second-order valence-electron chi connectivity index (χ2n) is 4.77. The van der Waals surface area contributed by atoms with Gasteiger partial charge in [0.2, 0.25) is 0 Å². The number of fused-ring (bicyclic) bond motifs is 1. The fraction of sp³-hybridized carbons (Fsp3) is 0.278. The Hall–Kier alpha value is -2.49. The molecule has 22 heavy (non-hydrogen) atoms. The summed E-state index contributed by atoms with van der Waals surface area (Å²) in [5.41, 5.74) is 0.843. The van der Waals surface area contributed by atoms with Crippen LogP contribution in [-0.4, -0.2) is 26.2 Å². The Labute approximate surface area is 130 Å². The number of anilines is 1. The van der Waals surface area contributed by atoms with Crippen molar-refractivity contribution < 1.29 is 14.3 Å². The van der Waals surface area contributed by atoms with Crippen LogP contribution >= 0.6 is 0 Å². The number of nitrogens with zero attached hydrogens (tertiary/aromatic N) is 1. The summed E-state index contributed by atoms with van der Waals surface area (Å²) in [6.07, 6.45) is 1.17. The molecule has 2 aromatic rings. The summed E-state index contributed by atoms with van der Waals surface area (Å²) >= 11 is 0. The molecule has 0 N–H and O–H groups in total. The quantitative estimate of drug-likeness (QED) is 0.462. The van der Waals surface area contributed by atoms with Gasteiger partial charge >= 0.3 is 5.97 Å². The maximum Gasteiger partial charge on any atom is 0.335 e. The van der Waals surface area contributed by atoms with Crippen molar-refractivity contribution in [2.75, 3.05) is 25.1 Å². The number of carbonyl (C=O) groups excluding carboxylic acids is 1. The van der Waals surface area contributed by atoms with Crippen LogP contribution in [0.4, 0.5) is 5.69 Å². The highest BCUT2D eigenvalue weighted by Gasteiger charge is 2.18. The lowest BCUT2D eigenvalue weighted by molar-refractivity contribution is -0.128. The van der Waals surface area contributed by atoms with Crippen LogP contribution < -0.4 is 14.4 Å². The minimum Gasteiger partial charge on any atom is -0.496 e. The lowest BCUT2D eigenvalue weighted by Gasteiger charge is -2.25. The molecule has 0 amide bonds. The molecule has 0 radical (unpaired) electrons. The first-order valence-corrected chi connectivity index (χ1v) is 7.35. The van der Waals surface area contributed by atoms with E-state index in [0.717, 1.165) is 35.3 Å². The van der Waals surface area contributed by atoms with Crippen LogP contribution in [0.1, 0.15) is 13.8 Å². The monoisotopic (exact) mass is 299 g/mol. The lowest BCUT2D eigenvalue weighted by atomic mass is 10.1. The number of benzene rings is 2. The van der Waals surface area contributed by atoms with Gasteiger partial charge in [0.15, 0.2) is 5.75 Å². The first-order chi connectivity index (χ1) is 10.7. The van der Waals surface area contributed by atoms with Crippen molar-refractivity contribution in [1.29, 1.82) is 0 Å². The highest BCUT2D eigenvalue weighted by molar-refractivity contribution is 6.00. The van der Waals surface area contributed by atoms with Crippen molar-refractivity contribution in [2.45, 2.75) is 13.8 Å². The predicted molar refractivity (Wildman–Crippen MR) is 89.9 cm³/mol. The van der Waals surface area contributed by atoms with E-state index < -0.39 is 5.97 Å². The lowest BCUT2D eigenvalue weighted by Crippen LogP contribution is -2.23. The smallest absolute Gasteiger partial charge is 0.335 e. The molecular weight excluding hydrogens is 278 g/mol. The van der Waals surface area contributed by atoms with Gasteiger partial charge in [0.25, 0.3) is 0 Å². The van der Waals surface area contributed by atoms with Crippen molar-refractivity contribution in [3.63, 3.8) is 0 Å². The van der Waals surface area contributed by atoms with Crippen LogP contribution in [0.25, 0.3) is 10.8 Å². The molecule has 0 saturated carbocycles. The largest absolute Gasteiger partial charge is 0.496 e. The molecular formula is C18H21NO3. The average molecular weight is 299 g/mol. The van der Waals surface area contributed by atoms with Crippen LogP contribution in [0.15, 0.2) is 43.0 Å². The zero-order chi connectivity index (χ0) is 16.1. The Morgan fingerprint density at radius 3 is 2.41 bits per heavy atom. The minimum atomic E-state index is -0.469. The molecule has 0 aliphatic heterocycles. The Morgan fingerprint density at radius 1 is 1.23 bits per heavy atom. The van der Waals surface area contributed by atoms with Crippen molar-refractivity contribution in [1.82, 2.24) is 0 Å². The Morgan fingerprint density at radius 2 is 1.86 bits per heavy atom. The van der Waals surface area contributed by atoms with Crippen molar-refractivity contribution in [3.05, 3.63) is 43.0 Å². The van der Waals surface area contributed by atoms with Gasteiger partial charge in [-0.05, 0) is 13.8 Å². The second kappa shape index (κ2) is 6.98. The first-order valence-electron chi connectivity index (χ1n) is 7.35. The highest BCUT2D eigenvalue weighted by atomic mass is 16.5. The average Bonchev–Trinajstić information content (AvgIpc) is 2.57. The van der Waals surface area contributed by atoms with Gasteiger partial charge in [-0.1, -0.05) is 30.8 Å². The summed E-state index contributed by atoms with van der Waals surface area (Å²) in [7, 11) is 1.64. The number of hydrogen-bond donors (Lipinski definition) is 0. The molecule has 0 heterocycles. The molecule has 0 spiro atoms. The molecule has 4 nitrogen and oxygen atoms in total. The van der Waals surface area contributed by atoms with Gasteiger partial charge in [-0.15, -0.1) is 0 Å². The van der Waals surface area contributed by atoms with E-state index in [9.17, 15) is 4.79 Å². The molecule has 0 saturated heterocycles. The van der Waals surface area contributed by atoms with Gasteiger partial charge in [-0.2, -0.15) is 0 Å². The Balaban J connectivity index is 2.76. The Kier molecular flexibility index (Phi) is 5.04. The van der Waals surface area contributed by atoms with E-state index in [0.29, 0.717) is 5.75 Å². The van der Waals surface area contributed by atoms with Gasteiger partial charge in [0, 0.05) is 36.0 Å². The van der Waals surface area contributed by atoms with E-state index in [2.05, 4.69) is 25.3 Å². The minimum absolute atomic E-state index is 0.469. The van der Waals surface area contributed by atoms with E-state index in [-0.39, 0.29) is 0 Å². The zero-order valence-corrected chi connectivity index (χ0v) is 13.3. The first kappa shape index (κ1) is 15.9.